The standard InChI is InChI=1S/C23H21N3O2S3/c1-13-7-8-15-17(9-13)31-23(25-15)26-19(28)12-29-22-20(14-5-3-2-4-6-14)21-16(27)10-24-11-18(21)30-22/h2-9,20,22,24H,10-12H2,1H3,(H,25,26,28). The fourth-order valence-corrected chi connectivity index (χ4v) is 7.89. The van der Waals surface area contributed by atoms with Crippen molar-refractivity contribution in [1.29, 1.82) is 0 Å². The summed E-state index contributed by atoms with van der Waals surface area (Å²) in [5.74, 6) is 0.430. The molecule has 5 nitrogen and oxygen atoms in total. The van der Waals surface area contributed by atoms with E-state index in [4.69, 9.17) is 0 Å². The van der Waals surface area contributed by atoms with Gasteiger partial charge in [-0.05, 0) is 30.2 Å². The second-order valence-electron chi connectivity index (χ2n) is 7.59. The number of nitrogens with one attached hydrogen (secondary N) is 2. The maximum absolute atomic E-state index is 12.7. The van der Waals surface area contributed by atoms with Crippen LogP contribution in [0.25, 0.3) is 10.2 Å². The van der Waals surface area contributed by atoms with Crippen LogP contribution in [0.5, 0.6) is 0 Å². The Bertz CT molecular complexity index is 1190. The molecule has 1 amide bonds. The maximum Gasteiger partial charge on any atom is 0.236 e. The van der Waals surface area contributed by atoms with E-state index >= 15 is 0 Å². The Kier molecular flexibility index (Phi) is 5.88. The molecule has 5 rings (SSSR count). The number of aryl methyl sites for hydroxylation is 1. The van der Waals surface area contributed by atoms with Crippen LogP contribution >= 0.6 is 34.9 Å². The van der Waals surface area contributed by atoms with Crippen molar-refractivity contribution in [1.82, 2.24) is 10.3 Å². The molecule has 1 aromatic heterocycles. The molecule has 2 aromatic carbocycles. The normalized spacial score (nSPS) is 20.9. The summed E-state index contributed by atoms with van der Waals surface area (Å²) >= 11 is 4.81. The zero-order valence-electron chi connectivity index (χ0n) is 16.9. The summed E-state index contributed by atoms with van der Waals surface area (Å²) in [5.41, 5.74) is 4.14. The average Bonchev–Trinajstić information content (AvgIpc) is 3.33. The smallest absolute Gasteiger partial charge is 0.236 e. The monoisotopic (exact) mass is 467 g/mol. The SMILES string of the molecule is Cc1ccc2nc(NC(=O)CSC3SC4=C(C(=O)CNC4)C3c3ccccc3)sc2c1. The highest BCUT2D eigenvalue weighted by Gasteiger charge is 2.41. The van der Waals surface area contributed by atoms with Gasteiger partial charge in [0.05, 0.1) is 27.1 Å². The number of thiazole rings is 1. The molecule has 0 saturated carbocycles. The fraction of sp³-hybridized carbons (Fsp3) is 0.261. The van der Waals surface area contributed by atoms with E-state index in [1.54, 1.807) is 23.5 Å². The van der Waals surface area contributed by atoms with Crippen molar-refractivity contribution in [3.05, 3.63) is 70.1 Å². The van der Waals surface area contributed by atoms with Crippen LogP contribution in [0.4, 0.5) is 5.13 Å². The highest BCUT2D eigenvalue weighted by atomic mass is 32.2. The molecule has 2 N–H and O–H groups in total. The minimum absolute atomic E-state index is 0.0130. The Hall–Kier alpha value is -2.13. The third-order valence-corrected chi connectivity index (χ3v) is 9.15. The van der Waals surface area contributed by atoms with E-state index in [1.807, 2.05) is 37.3 Å². The van der Waals surface area contributed by atoms with Crippen LogP contribution in [-0.2, 0) is 9.59 Å². The number of carbonyl (C=O) groups excluding carboxylic acids is 2. The van der Waals surface area contributed by atoms with Crippen molar-refractivity contribution in [2.75, 3.05) is 24.2 Å². The first-order chi connectivity index (χ1) is 15.1. The Balaban J connectivity index is 1.29. The van der Waals surface area contributed by atoms with Crippen molar-refractivity contribution in [3.8, 4) is 0 Å². The van der Waals surface area contributed by atoms with Gasteiger partial charge in [-0.1, -0.05) is 47.7 Å². The molecule has 31 heavy (non-hydrogen) atoms. The second-order valence-corrected chi connectivity index (χ2v) is 11.3. The second kappa shape index (κ2) is 8.78. The predicted octanol–water partition coefficient (Wildman–Crippen LogP) is 4.56. The fourth-order valence-electron chi connectivity index (χ4n) is 3.94. The summed E-state index contributed by atoms with van der Waals surface area (Å²) < 4.78 is 1.17. The quantitative estimate of drug-likeness (QED) is 0.573. The first kappa shape index (κ1) is 20.8. The van der Waals surface area contributed by atoms with Gasteiger partial charge in [-0.15, -0.1) is 23.5 Å². The number of hydrogen-bond donors (Lipinski definition) is 2. The number of amides is 1. The number of rotatable bonds is 5. The van der Waals surface area contributed by atoms with Gasteiger partial charge in [0.25, 0.3) is 0 Å². The molecule has 2 unspecified atom stereocenters. The molecule has 0 bridgehead atoms. The van der Waals surface area contributed by atoms with Crippen molar-refractivity contribution < 1.29 is 9.59 Å². The number of hydrogen-bond acceptors (Lipinski definition) is 7. The lowest BCUT2D eigenvalue weighted by atomic mass is 9.88. The third-order valence-electron chi connectivity index (χ3n) is 5.34. The molecule has 2 atom stereocenters. The zero-order chi connectivity index (χ0) is 21.4. The van der Waals surface area contributed by atoms with E-state index in [0.29, 0.717) is 17.4 Å². The van der Waals surface area contributed by atoms with Crippen LogP contribution in [0.1, 0.15) is 17.0 Å². The molecule has 0 radical (unpaired) electrons. The van der Waals surface area contributed by atoms with Crippen molar-refractivity contribution in [2.45, 2.75) is 17.4 Å². The molecule has 8 heteroatoms. The summed E-state index contributed by atoms with van der Waals surface area (Å²) in [5, 5.41) is 6.76. The number of Topliss-reactive ketones (excluding diaryl/α,β-unsaturated/α-hetero) is 1. The van der Waals surface area contributed by atoms with E-state index < -0.39 is 0 Å². The van der Waals surface area contributed by atoms with Gasteiger partial charge in [-0.2, -0.15) is 0 Å². The minimum atomic E-state index is -0.0671. The largest absolute Gasteiger partial charge is 0.305 e. The summed E-state index contributed by atoms with van der Waals surface area (Å²) in [7, 11) is 0. The number of anilines is 1. The van der Waals surface area contributed by atoms with Gasteiger partial charge in [0.1, 0.15) is 0 Å². The van der Waals surface area contributed by atoms with Gasteiger partial charge in [-0.3, -0.25) is 9.59 Å². The van der Waals surface area contributed by atoms with Crippen molar-refractivity contribution in [2.24, 2.45) is 0 Å². The molecule has 2 aliphatic rings. The predicted molar refractivity (Wildman–Crippen MR) is 131 cm³/mol. The van der Waals surface area contributed by atoms with Crippen LogP contribution in [-0.4, -0.2) is 40.1 Å². The van der Waals surface area contributed by atoms with Crippen molar-refractivity contribution in [3.63, 3.8) is 0 Å². The Morgan fingerprint density at radius 1 is 1.23 bits per heavy atom. The Morgan fingerprint density at radius 3 is 2.90 bits per heavy atom. The Morgan fingerprint density at radius 2 is 2.06 bits per heavy atom. The molecule has 0 saturated heterocycles. The highest BCUT2D eigenvalue weighted by molar-refractivity contribution is 8.19. The van der Waals surface area contributed by atoms with E-state index in [1.165, 1.54) is 16.9 Å². The molecule has 2 aliphatic heterocycles. The lowest BCUT2D eigenvalue weighted by molar-refractivity contribution is -0.115. The maximum atomic E-state index is 12.7. The number of nitrogens with zero attached hydrogens (tertiary/aromatic N) is 1. The summed E-state index contributed by atoms with van der Waals surface area (Å²) in [4.78, 5) is 31.0. The number of ketones is 1. The average molecular weight is 468 g/mol. The third kappa shape index (κ3) is 4.30. The van der Waals surface area contributed by atoms with E-state index in [2.05, 4.69) is 33.8 Å². The van der Waals surface area contributed by atoms with Crippen LogP contribution in [0.2, 0.25) is 0 Å². The van der Waals surface area contributed by atoms with Gasteiger partial charge in [0.15, 0.2) is 10.9 Å². The van der Waals surface area contributed by atoms with E-state index in [0.717, 1.165) is 32.8 Å². The first-order valence-corrected chi connectivity index (χ1v) is 12.8. The Labute approximate surface area is 193 Å². The van der Waals surface area contributed by atoms with Crippen LogP contribution < -0.4 is 10.6 Å². The van der Waals surface area contributed by atoms with Gasteiger partial charge < -0.3 is 10.6 Å². The minimum Gasteiger partial charge on any atom is -0.305 e. The van der Waals surface area contributed by atoms with Gasteiger partial charge in [-0.25, -0.2) is 4.98 Å². The van der Waals surface area contributed by atoms with Crippen molar-refractivity contribution >= 4 is 61.9 Å². The summed E-state index contributed by atoms with van der Waals surface area (Å²) in [6.45, 7) is 3.16. The highest BCUT2D eigenvalue weighted by Crippen LogP contribution is 2.52. The van der Waals surface area contributed by atoms with Gasteiger partial charge in [0, 0.05) is 22.9 Å². The van der Waals surface area contributed by atoms with Crippen LogP contribution in [0, 0.1) is 6.92 Å². The van der Waals surface area contributed by atoms with E-state index in [9.17, 15) is 9.59 Å². The summed E-state index contributed by atoms with van der Waals surface area (Å²) in [6, 6.07) is 16.2. The molecule has 3 aromatic rings. The van der Waals surface area contributed by atoms with Gasteiger partial charge in [0.2, 0.25) is 5.91 Å². The van der Waals surface area contributed by atoms with Crippen LogP contribution in [0.3, 0.4) is 0 Å². The lowest BCUT2D eigenvalue weighted by Gasteiger charge is -2.22. The zero-order valence-corrected chi connectivity index (χ0v) is 19.3. The molecular weight excluding hydrogens is 446 g/mol. The number of thioether (sulfide) groups is 2. The number of aromatic nitrogens is 1. The summed E-state index contributed by atoms with van der Waals surface area (Å²) in [6.07, 6.45) is 0. The number of fused-ring (bicyclic) bond motifs is 1. The number of benzene rings is 2. The first-order valence-electron chi connectivity index (χ1n) is 10.1. The molecule has 0 fully saturated rings. The molecule has 3 heterocycles. The van der Waals surface area contributed by atoms with Gasteiger partial charge >= 0.3 is 0 Å². The molecule has 0 aliphatic carbocycles. The molecule has 0 spiro atoms. The van der Waals surface area contributed by atoms with E-state index in [-0.39, 0.29) is 22.2 Å². The van der Waals surface area contributed by atoms with Crippen LogP contribution in [0.15, 0.2) is 59.0 Å². The topological polar surface area (TPSA) is 71.1 Å². The number of carbonyl (C=O) groups is 2. The molecular formula is C23H21N3O2S3. The molecule has 158 valence electrons. The lowest BCUT2D eigenvalue weighted by Crippen LogP contribution is -2.32.